The van der Waals surface area contributed by atoms with E-state index in [-0.39, 0.29) is 23.1 Å². The molecule has 2 aromatic rings. The largest absolute Gasteiger partial charge is 0.574 e. The number of ether oxygens (including phenoxy) is 1. The molecule has 0 radical (unpaired) electrons. The first-order valence-corrected chi connectivity index (χ1v) is 10.1. The molecule has 0 aromatic heterocycles. The van der Waals surface area contributed by atoms with Gasteiger partial charge in [0.1, 0.15) is 0 Å². The number of carbonyl (C=O) groups excluding carboxylic acids is 1. The van der Waals surface area contributed by atoms with Gasteiger partial charge in [0.2, 0.25) is 5.90 Å². The molecule has 3 rings (SSSR count). The van der Waals surface area contributed by atoms with E-state index in [0.717, 1.165) is 11.1 Å². The quantitative estimate of drug-likeness (QED) is 0.518. The molecule has 33 heavy (non-hydrogen) atoms. The van der Waals surface area contributed by atoms with Gasteiger partial charge in [-0.25, -0.2) is 0 Å². The molecule has 0 spiro atoms. The van der Waals surface area contributed by atoms with Crippen LogP contribution in [-0.2, 0) is 4.74 Å². The van der Waals surface area contributed by atoms with Crippen molar-refractivity contribution in [3.8, 4) is 6.07 Å². The van der Waals surface area contributed by atoms with Gasteiger partial charge in [-0.2, -0.15) is 5.26 Å². The van der Waals surface area contributed by atoms with Crippen molar-refractivity contribution in [1.82, 2.24) is 4.90 Å². The maximum Gasteiger partial charge on any atom is 0.574 e. The lowest BCUT2D eigenvalue weighted by atomic mass is 9.89. The monoisotopic (exact) mass is 456 g/mol. The molecule has 1 amide bonds. The Labute approximate surface area is 189 Å². The smallest absolute Gasteiger partial charge is 0.398 e. The number of carbonyl (C=O) groups is 1. The molecule has 1 aliphatic heterocycles. The molecule has 3 N–H and O–H groups in total. The van der Waals surface area contributed by atoms with E-state index < -0.39 is 12.3 Å². The molecule has 0 atom stereocenters. The Morgan fingerprint density at radius 2 is 1.73 bits per heavy atom. The number of likely N-dealkylation sites (tertiary alicyclic amines) is 1. The number of hydrogen-bond acceptors (Lipinski definition) is 5. The summed E-state index contributed by atoms with van der Waals surface area (Å²) < 4.78 is 41.1. The molecule has 172 valence electrons. The normalized spacial score (nSPS) is 14.8. The highest BCUT2D eigenvalue weighted by molar-refractivity contribution is 6.01. The number of nitrogens with two attached hydrogens (primary N) is 1. The van der Waals surface area contributed by atoms with Crippen molar-refractivity contribution in [3.63, 3.8) is 0 Å². The fourth-order valence-corrected chi connectivity index (χ4v) is 3.74. The number of benzene rings is 2. The molecule has 0 saturated carbocycles. The van der Waals surface area contributed by atoms with Crippen LogP contribution in [0.4, 0.5) is 13.2 Å². The highest BCUT2D eigenvalue weighted by atomic mass is 19.4. The van der Waals surface area contributed by atoms with E-state index in [1.807, 2.05) is 12.1 Å². The zero-order valence-electron chi connectivity index (χ0n) is 18.4. The molecule has 0 bridgehead atoms. The summed E-state index contributed by atoms with van der Waals surface area (Å²) in [5.41, 5.74) is 9.60. The minimum Gasteiger partial charge on any atom is -0.398 e. The lowest BCUT2D eigenvalue weighted by Gasteiger charge is -2.40. The number of halogens is 3. The molecule has 1 fully saturated rings. The van der Waals surface area contributed by atoms with Crippen molar-refractivity contribution in [2.75, 3.05) is 13.1 Å². The molecule has 9 heteroatoms. The van der Waals surface area contributed by atoms with Crippen LogP contribution in [0.15, 0.2) is 42.0 Å². The molecule has 1 heterocycles. The third kappa shape index (κ3) is 5.17. The van der Waals surface area contributed by atoms with Gasteiger partial charge in [0.25, 0.3) is 5.91 Å². The third-order valence-corrected chi connectivity index (χ3v) is 5.73. The second kappa shape index (κ2) is 8.98. The summed E-state index contributed by atoms with van der Waals surface area (Å²) in [4.78, 5) is 14.8. The Hall–Kier alpha value is -3.80. The van der Waals surface area contributed by atoms with Crippen molar-refractivity contribution in [2.45, 2.75) is 33.1 Å². The predicted octanol–water partition coefficient (Wildman–Crippen LogP) is 4.62. The summed E-state index contributed by atoms with van der Waals surface area (Å²) in [5.74, 6) is -1.13. The summed E-state index contributed by atoms with van der Waals surface area (Å²) >= 11 is 0. The minimum atomic E-state index is -4.99. The van der Waals surface area contributed by atoms with Crippen molar-refractivity contribution in [2.24, 2.45) is 5.73 Å². The Morgan fingerprint density at radius 3 is 2.27 bits per heavy atom. The minimum absolute atomic E-state index is 0.0603. The molecule has 0 aliphatic carbocycles. The SMILES string of the molecule is C/C(C(=N)OC(F)(F)F)=C(/N)c1cc(C(=O)N2CC(c3ccc(C#N)cc3)C2)c(C)cc1C. The van der Waals surface area contributed by atoms with Crippen LogP contribution in [0.5, 0.6) is 0 Å². The summed E-state index contributed by atoms with van der Waals surface area (Å²) in [7, 11) is 0. The van der Waals surface area contributed by atoms with Gasteiger partial charge in [0, 0.05) is 41.4 Å². The summed E-state index contributed by atoms with van der Waals surface area (Å²) in [5, 5.41) is 16.5. The molecule has 1 aliphatic rings. The van der Waals surface area contributed by atoms with Gasteiger partial charge in [-0.05, 0) is 55.7 Å². The maximum absolute atomic E-state index is 13.1. The van der Waals surface area contributed by atoms with Gasteiger partial charge in [-0.15, -0.1) is 13.2 Å². The highest BCUT2D eigenvalue weighted by Crippen LogP contribution is 2.31. The first kappa shape index (κ1) is 23.9. The zero-order valence-corrected chi connectivity index (χ0v) is 18.4. The number of rotatable bonds is 4. The van der Waals surface area contributed by atoms with Crippen molar-refractivity contribution in [3.05, 3.63) is 75.4 Å². The van der Waals surface area contributed by atoms with E-state index in [4.69, 9.17) is 16.4 Å². The van der Waals surface area contributed by atoms with E-state index in [0.29, 0.717) is 35.3 Å². The average molecular weight is 456 g/mol. The predicted molar refractivity (Wildman–Crippen MR) is 117 cm³/mol. The Bertz CT molecular complexity index is 1170. The second-order valence-corrected chi connectivity index (χ2v) is 8.04. The van der Waals surface area contributed by atoms with E-state index >= 15 is 0 Å². The zero-order chi connectivity index (χ0) is 24.5. The van der Waals surface area contributed by atoms with Crippen LogP contribution in [0.1, 0.15) is 51.0 Å². The van der Waals surface area contributed by atoms with Gasteiger partial charge in [0.05, 0.1) is 11.6 Å². The van der Waals surface area contributed by atoms with Gasteiger partial charge >= 0.3 is 6.36 Å². The van der Waals surface area contributed by atoms with Gasteiger partial charge in [0.15, 0.2) is 0 Å². The standard InChI is InChI=1S/C24H23F3N4O2/c1-13-8-14(2)20(9-19(13)21(29)15(3)22(30)33-24(25,26)27)23(32)31-11-18(12-31)17-6-4-16(10-28)5-7-17/h4-9,18,30H,11-12,29H2,1-3H3/b21-15-,30-22?. The molecule has 2 aromatic carbocycles. The fourth-order valence-electron chi connectivity index (χ4n) is 3.74. The van der Waals surface area contributed by atoms with Crippen LogP contribution in [0.25, 0.3) is 5.70 Å². The maximum atomic E-state index is 13.1. The van der Waals surface area contributed by atoms with E-state index in [2.05, 4.69) is 10.8 Å². The number of nitriles is 1. The van der Waals surface area contributed by atoms with Crippen LogP contribution < -0.4 is 5.73 Å². The van der Waals surface area contributed by atoms with Gasteiger partial charge in [-0.3, -0.25) is 10.2 Å². The van der Waals surface area contributed by atoms with Crippen molar-refractivity contribution in [1.29, 1.82) is 10.7 Å². The number of hydrogen-bond donors (Lipinski definition) is 2. The van der Waals surface area contributed by atoms with Crippen LogP contribution in [0, 0.1) is 30.6 Å². The summed E-state index contributed by atoms with van der Waals surface area (Å²) in [6, 6.07) is 12.6. The van der Waals surface area contributed by atoms with Gasteiger partial charge < -0.3 is 15.4 Å². The van der Waals surface area contributed by atoms with Crippen LogP contribution in [0.2, 0.25) is 0 Å². The summed E-state index contributed by atoms with van der Waals surface area (Å²) in [6.45, 7) is 5.81. The van der Waals surface area contributed by atoms with Crippen LogP contribution in [-0.4, -0.2) is 36.2 Å². The average Bonchev–Trinajstić information content (AvgIpc) is 2.71. The molecule has 0 unspecified atom stereocenters. The molecular weight excluding hydrogens is 433 g/mol. The lowest BCUT2D eigenvalue weighted by molar-refractivity contribution is -0.283. The number of aryl methyl sites for hydroxylation is 2. The van der Waals surface area contributed by atoms with Gasteiger partial charge in [-0.1, -0.05) is 18.2 Å². The van der Waals surface area contributed by atoms with E-state index in [1.165, 1.54) is 6.92 Å². The Morgan fingerprint density at radius 1 is 1.15 bits per heavy atom. The Balaban J connectivity index is 1.81. The molecular formula is C24H23F3N4O2. The summed E-state index contributed by atoms with van der Waals surface area (Å²) in [6.07, 6.45) is -4.99. The second-order valence-electron chi connectivity index (χ2n) is 8.04. The highest BCUT2D eigenvalue weighted by Gasteiger charge is 2.34. The van der Waals surface area contributed by atoms with Crippen molar-refractivity contribution >= 4 is 17.5 Å². The van der Waals surface area contributed by atoms with Crippen LogP contribution >= 0.6 is 0 Å². The number of nitrogens with one attached hydrogen (secondary N) is 1. The number of amides is 1. The third-order valence-electron chi connectivity index (χ3n) is 5.73. The molecule has 6 nitrogen and oxygen atoms in total. The van der Waals surface area contributed by atoms with Crippen molar-refractivity contribution < 1.29 is 22.7 Å². The van der Waals surface area contributed by atoms with E-state index in [9.17, 15) is 18.0 Å². The number of nitrogens with zero attached hydrogens (tertiary/aromatic N) is 2. The molecule has 1 saturated heterocycles. The Kier molecular flexibility index (Phi) is 6.49. The topological polar surface area (TPSA) is 103 Å². The lowest BCUT2D eigenvalue weighted by Crippen LogP contribution is -2.48. The van der Waals surface area contributed by atoms with Crippen LogP contribution in [0.3, 0.4) is 0 Å². The number of alkyl halides is 3. The first-order valence-electron chi connectivity index (χ1n) is 10.1. The van der Waals surface area contributed by atoms with E-state index in [1.54, 1.807) is 43.0 Å². The first-order chi connectivity index (χ1) is 15.4. The fraction of sp³-hybridized carbons (Fsp3) is 0.292.